The standard InChI is InChI=1S/C10H18N4O2/c1-8(2)4-5-11-9(15)6-14-10(16)13(3)7-12-14/h7-8H,4-6H2,1-3H3,(H,11,15). The van der Waals surface area contributed by atoms with Gasteiger partial charge in [0.2, 0.25) is 5.91 Å². The Morgan fingerprint density at radius 3 is 2.75 bits per heavy atom. The van der Waals surface area contributed by atoms with Gasteiger partial charge in [0.15, 0.2) is 0 Å². The van der Waals surface area contributed by atoms with Crippen LogP contribution in [-0.4, -0.2) is 26.8 Å². The van der Waals surface area contributed by atoms with Gasteiger partial charge in [-0.3, -0.25) is 9.36 Å². The molecule has 1 rings (SSSR count). The Bertz CT molecular complexity index is 405. The summed E-state index contributed by atoms with van der Waals surface area (Å²) in [7, 11) is 1.60. The molecular weight excluding hydrogens is 208 g/mol. The number of carbonyl (C=O) groups excluding carboxylic acids is 1. The molecule has 0 spiro atoms. The molecule has 1 N–H and O–H groups in total. The first kappa shape index (κ1) is 12.5. The molecule has 1 aromatic heterocycles. The largest absolute Gasteiger partial charge is 0.354 e. The smallest absolute Gasteiger partial charge is 0.345 e. The number of hydrogen-bond donors (Lipinski definition) is 1. The lowest BCUT2D eigenvalue weighted by Crippen LogP contribution is -2.34. The summed E-state index contributed by atoms with van der Waals surface area (Å²) in [6.07, 6.45) is 2.33. The van der Waals surface area contributed by atoms with Crippen LogP contribution in [0.3, 0.4) is 0 Å². The van der Waals surface area contributed by atoms with Gasteiger partial charge >= 0.3 is 5.69 Å². The maximum Gasteiger partial charge on any atom is 0.345 e. The van der Waals surface area contributed by atoms with E-state index in [1.807, 2.05) is 0 Å². The predicted octanol–water partition coefficient (Wildman–Crippen LogP) is -0.256. The fraction of sp³-hybridized carbons (Fsp3) is 0.700. The highest BCUT2D eigenvalue weighted by atomic mass is 16.2. The molecule has 0 aliphatic carbocycles. The van der Waals surface area contributed by atoms with Crippen LogP contribution in [0.15, 0.2) is 11.1 Å². The van der Waals surface area contributed by atoms with Crippen LogP contribution < -0.4 is 11.0 Å². The Morgan fingerprint density at radius 2 is 2.25 bits per heavy atom. The minimum Gasteiger partial charge on any atom is -0.354 e. The van der Waals surface area contributed by atoms with Crippen molar-refractivity contribution >= 4 is 5.91 Å². The molecule has 0 fully saturated rings. The second kappa shape index (κ2) is 5.48. The molecule has 16 heavy (non-hydrogen) atoms. The monoisotopic (exact) mass is 226 g/mol. The highest BCUT2D eigenvalue weighted by Crippen LogP contribution is 1.96. The van der Waals surface area contributed by atoms with Crippen LogP contribution in [0.4, 0.5) is 0 Å². The highest BCUT2D eigenvalue weighted by molar-refractivity contribution is 5.75. The summed E-state index contributed by atoms with van der Waals surface area (Å²) in [6.45, 7) is 4.81. The molecule has 0 atom stereocenters. The van der Waals surface area contributed by atoms with Crippen LogP contribution in [-0.2, 0) is 18.4 Å². The number of nitrogens with zero attached hydrogens (tertiary/aromatic N) is 3. The topological polar surface area (TPSA) is 68.9 Å². The molecule has 0 bridgehead atoms. The molecule has 0 saturated carbocycles. The zero-order valence-electron chi connectivity index (χ0n) is 9.93. The quantitative estimate of drug-likeness (QED) is 0.752. The van der Waals surface area contributed by atoms with Gasteiger partial charge in [-0.05, 0) is 12.3 Å². The normalized spacial score (nSPS) is 10.8. The number of nitrogens with one attached hydrogen (secondary N) is 1. The number of aryl methyl sites for hydroxylation is 1. The molecule has 1 aromatic rings. The molecule has 90 valence electrons. The van der Waals surface area contributed by atoms with Crippen molar-refractivity contribution in [3.8, 4) is 0 Å². The first-order valence-corrected chi connectivity index (χ1v) is 5.36. The van der Waals surface area contributed by atoms with Crippen molar-refractivity contribution in [1.29, 1.82) is 0 Å². The lowest BCUT2D eigenvalue weighted by molar-refractivity contribution is -0.121. The van der Waals surface area contributed by atoms with Gasteiger partial charge in [0.1, 0.15) is 12.9 Å². The second-order valence-corrected chi connectivity index (χ2v) is 4.21. The molecule has 6 heteroatoms. The minimum absolute atomic E-state index is 0.0161. The summed E-state index contributed by atoms with van der Waals surface area (Å²) in [6, 6.07) is 0. The van der Waals surface area contributed by atoms with Crippen molar-refractivity contribution in [3.63, 3.8) is 0 Å². The molecule has 0 aromatic carbocycles. The molecule has 6 nitrogen and oxygen atoms in total. The lowest BCUT2D eigenvalue weighted by atomic mass is 10.1. The average Bonchev–Trinajstić information content (AvgIpc) is 2.49. The molecule has 0 aliphatic rings. The van der Waals surface area contributed by atoms with Gasteiger partial charge < -0.3 is 5.32 Å². The van der Waals surface area contributed by atoms with E-state index in [0.29, 0.717) is 12.5 Å². The summed E-state index contributed by atoms with van der Waals surface area (Å²) >= 11 is 0. The minimum atomic E-state index is -0.279. The maximum absolute atomic E-state index is 11.4. The Morgan fingerprint density at radius 1 is 1.56 bits per heavy atom. The summed E-state index contributed by atoms with van der Waals surface area (Å²) in [5.41, 5.74) is -0.279. The van der Waals surface area contributed by atoms with E-state index in [0.717, 1.165) is 11.1 Å². The fourth-order valence-corrected chi connectivity index (χ4v) is 1.22. The summed E-state index contributed by atoms with van der Waals surface area (Å²) < 4.78 is 2.48. The maximum atomic E-state index is 11.4. The number of rotatable bonds is 5. The van der Waals surface area contributed by atoms with E-state index in [9.17, 15) is 9.59 Å². The van der Waals surface area contributed by atoms with Crippen molar-refractivity contribution < 1.29 is 4.79 Å². The molecule has 0 aliphatic heterocycles. The van der Waals surface area contributed by atoms with Gasteiger partial charge in [-0.1, -0.05) is 13.8 Å². The van der Waals surface area contributed by atoms with Gasteiger partial charge in [-0.2, -0.15) is 5.10 Å². The SMILES string of the molecule is CC(C)CCNC(=O)Cn1ncn(C)c1=O. The van der Waals surface area contributed by atoms with Crippen LogP contribution in [0.25, 0.3) is 0 Å². The average molecular weight is 226 g/mol. The first-order chi connectivity index (χ1) is 7.50. The van der Waals surface area contributed by atoms with Crippen molar-refractivity contribution in [2.75, 3.05) is 6.54 Å². The lowest BCUT2D eigenvalue weighted by Gasteiger charge is -2.06. The third-order valence-corrected chi connectivity index (χ3v) is 2.22. The number of carbonyl (C=O) groups is 1. The molecular formula is C10H18N4O2. The third-order valence-electron chi connectivity index (χ3n) is 2.22. The molecule has 0 unspecified atom stereocenters. The van der Waals surface area contributed by atoms with E-state index in [-0.39, 0.29) is 18.1 Å². The van der Waals surface area contributed by atoms with Gasteiger partial charge in [-0.15, -0.1) is 0 Å². The van der Waals surface area contributed by atoms with Crippen LogP contribution in [0.1, 0.15) is 20.3 Å². The number of aromatic nitrogens is 3. The molecule has 0 saturated heterocycles. The van der Waals surface area contributed by atoms with E-state index in [1.165, 1.54) is 10.9 Å². The Balaban J connectivity index is 2.40. The molecule has 1 heterocycles. The zero-order chi connectivity index (χ0) is 12.1. The second-order valence-electron chi connectivity index (χ2n) is 4.21. The van der Waals surface area contributed by atoms with Gasteiger partial charge in [-0.25, -0.2) is 9.48 Å². The number of amides is 1. The Kier molecular flexibility index (Phi) is 4.28. The zero-order valence-corrected chi connectivity index (χ0v) is 9.93. The Labute approximate surface area is 94.3 Å². The fourth-order valence-electron chi connectivity index (χ4n) is 1.22. The van der Waals surface area contributed by atoms with Crippen LogP contribution in [0.2, 0.25) is 0 Å². The van der Waals surface area contributed by atoms with Gasteiger partial charge in [0.05, 0.1) is 0 Å². The van der Waals surface area contributed by atoms with E-state index in [1.54, 1.807) is 7.05 Å². The molecule has 1 amide bonds. The molecule has 0 radical (unpaired) electrons. The van der Waals surface area contributed by atoms with E-state index in [2.05, 4.69) is 24.3 Å². The van der Waals surface area contributed by atoms with E-state index >= 15 is 0 Å². The van der Waals surface area contributed by atoms with Gasteiger partial charge in [0.25, 0.3) is 0 Å². The first-order valence-electron chi connectivity index (χ1n) is 5.36. The van der Waals surface area contributed by atoms with Crippen LogP contribution in [0, 0.1) is 5.92 Å². The van der Waals surface area contributed by atoms with Crippen LogP contribution >= 0.6 is 0 Å². The summed E-state index contributed by atoms with van der Waals surface area (Å²) in [5, 5.41) is 6.56. The highest BCUT2D eigenvalue weighted by Gasteiger charge is 2.07. The van der Waals surface area contributed by atoms with Crippen molar-refractivity contribution in [1.82, 2.24) is 19.7 Å². The van der Waals surface area contributed by atoms with E-state index < -0.39 is 0 Å². The van der Waals surface area contributed by atoms with Crippen molar-refractivity contribution in [2.24, 2.45) is 13.0 Å². The third kappa shape index (κ3) is 3.52. The Hall–Kier alpha value is -1.59. The van der Waals surface area contributed by atoms with Gasteiger partial charge in [0, 0.05) is 13.6 Å². The van der Waals surface area contributed by atoms with Crippen molar-refractivity contribution in [2.45, 2.75) is 26.8 Å². The summed E-state index contributed by atoms with van der Waals surface area (Å²) in [5.74, 6) is 0.374. The van der Waals surface area contributed by atoms with Crippen LogP contribution in [0.5, 0.6) is 0 Å². The summed E-state index contributed by atoms with van der Waals surface area (Å²) in [4.78, 5) is 22.8. The number of hydrogen-bond acceptors (Lipinski definition) is 3. The predicted molar refractivity (Wildman–Crippen MR) is 59.9 cm³/mol. The van der Waals surface area contributed by atoms with E-state index in [4.69, 9.17) is 0 Å². The van der Waals surface area contributed by atoms with Crippen molar-refractivity contribution in [3.05, 3.63) is 16.8 Å².